The van der Waals surface area contributed by atoms with Crippen LogP contribution in [0.2, 0.25) is 0 Å². The van der Waals surface area contributed by atoms with E-state index in [0.29, 0.717) is 36.8 Å². The fourth-order valence-corrected chi connectivity index (χ4v) is 3.01. The second kappa shape index (κ2) is 10.4. The second-order valence-electron chi connectivity index (χ2n) is 7.80. The van der Waals surface area contributed by atoms with Gasteiger partial charge in [0, 0.05) is 43.7 Å². The summed E-state index contributed by atoms with van der Waals surface area (Å²) < 4.78 is 7.61. The number of carbonyl (C=O) groups excluding carboxylic acids is 2. The molecule has 2 N–H and O–H groups in total. The molecule has 31 heavy (non-hydrogen) atoms. The van der Waals surface area contributed by atoms with Crippen LogP contribution in [0.3, 0.4) is 0 Å². The molecule has 0 saturated heterocycles. The van der Waals surface area contributed by atoms with Crippen LogP contribution in [0, 0.1) is 5.92 Å². The van der Waals surface area contributed by atoms with E-state index >= 15 is 0 Å². The number of ether oxygens (including phenoxy) is 1. The van der Waals surface area contributed by atoms with E-state index < -0.39 is 0 Å². The van der Waals surface area contributed by atoms with Gasteiger partial charge >= 0.3 is 0 Å². The molecule has 0 spiro atoms. The first-order chi connectivity index (χ1) is 14.9. The van der Waals surface area contributed by atoms with Gasteiger partial charge in [-0.25, -0.2) is 4.98 Å². The highest BCUT2D eigenvalue weighted by Gasteiger charge is 2.08. The number of nitrogens with zero attached hydrogens (tertiary/aromatic N) is 2. The first-order valence-corrected chi connectivity index (χ1v) is 10.3. The van der Waals surface area contributed by atoms with Crippen molar-refractivity contribution in [2.75, 3.05) is 5.32 Å². The summed E-state index contributed by atoms with van der Waals surface area (Å²) in [7, 11) is 1.91. The van der Waals surface area contributed by atoms with E-state index in [4.69, 9.17) is 4.74 Å². The number of aryl methyl sites for hydroxylation is 1. The zero-order valence-corrected chi connectivity index (χ0v) is 18.1. The molecule has 0 radical (unpaired) electrons. The maximum atomic E-state index is 12.5. The maximum Gasteiger partial charge on any atom is 0.251 e. The molecule has 0 bridgehead atoms. The Labute approximate surface area is 182 Å². The van der Waals surface area contributed by atoms with E-state index in [0.717, 1.165) is 17.1 Å². The Balaban J connectivity index is 1.50. The normalized spacial score (nSPS) is 10.7. The summed E-state index contributed by atoms with van der Waals surface area (Å²) in [4.78, 5) is 28.6. The molecule has 0 aliphatic rings. The quantitative estimate of drug-likeness (QED) is 0.550. The number of nitrogens with one attached hydrogen (secondary N) is 2. The van der Waals surface area contributed by atoms with Crippen molar-refractivity contribution in [3.63, 3.8) is 0 Å². The Morgan fingerprint density at radius 1 is 1.13 bits per heavy atom. The van der Waals surface area contributed by atoms with Crippen LogP contribution in [0.15, 0.2) is 60.9 Å². The predicted octanol–water partition coefficient (Wildman–Crippen LogP) is 3.91. The zero-order chi connectivity index (χ0) is 22.2. The van der Waals surface area contributed by atoms with E-state index in [9.17, 15) is 9.59 Å². The number of aromatic nitrogens is 2. The monoisotopic (exact) mass is 420 g/mol. The van der Waals surface area contributed by atoms with Crippen LogP contribution in [-0.2, 0) is 25.0 Å². The predicted molar refractivity (Wildman–Crippen MR) is 120 cm³/mol. The van der Waals surface area contributed by atoms with E-state index in [1.54, 1.807) is 30.5 Å². The van der Waals surface area contributed by atoms with Crippen molar-refractivity contribution >= 4 is 17.5 Å². The molecule has 1 aromatic heterocycles. The first kappa shape index (κ1) is 22.1. The number of imidazole rings is 1. The molecule has 162 valence electrons. The minimum atomic E-state index is -0.176. The smallest absolute Gasteiger partial charge is 0.251 e. The van der Waals surface area contributed by atoms with Gasteiger partial charge in [0.25, 0.3) is 5.91 Å². The van der Waals surface area contributed by atoms with Crippen LogP contribution >= 0.6 is 0 Å². The third kappa shape index (κ3) is 6.70. The number of carbonyl (C=O) groups is 2. The SMILES string of the molecule is CC(C)CC(=O)Nc1cccc(CNC(=O)c2ccc(OCc3nccn3C)cc2)c1. The molecular weight excluding hydrogens is 392 g/mol. The third-order valence-electron chi connectivity index (χ3n) is 4.66. The lowest BCUT2D eigenvalue weighted by molar-refractivity contribution is -0.116. The van der Waals surface area contributed by atoms with Gasteiger partial charge in [0.05, 0.1) is 0 Å². The lowest BCUT2D eigenvalue weighted by atomic mass is 10.1. The van der Waals surface area contributed by atoms with Gasteiger partial charge in [0.1, 0.15) is 18.2 Å². The van der Waals surface area contributed by atoms with Gasteiger partial charge in [-0.3, -0.25) is 9.59 Å². The number of anilines is 1. The minimum Gasteiger partial charge on any atom is -0.486 e. The summed E-state index contributed by atoms with van der Waals surface area (Å²) in [5.41, 5.74) is 2.18. The second-order valence-corrected chi connectivity index (χ2v) is 7.80. The van der Waals surface area contributed by atoms with Crippen molar-refractivity contribution < 1.29 is 14.3 Å². The highest BCUT2D eigenvalue weighted by atomic mass is 16.5. The summed E-state index contributed by atoms with van der Waals surface area (Å²) >= 11 is 0. The standard InChI is InChI=1S/C24H28N4O3/c1-17(2)13-23(29)27-20-6-4-5-18(14-20)15-26-24(30)19-7-9-21(10-8-19)31-16-22-25-11-12-28(22)3/h4-12,14,17H,13,15-16H2,1-3H3,(H,26,30)(H,27,29). The van der Waals surface area contributed by atoms with Crippen molar-refractivity contribution in [2.45, 2.75) is 33.4 Å². The highest BCUT2D eigenvalue weighted by molar-refractivity contribution is 5.94. The Bertz CT molecular complexity index is 1030. The molecule has 2 aromatic carbocycles. The number of hydrogen-bond donors (Lipinski definition) is 2. The van der Waals surface area contributed by atoms with Gasteiger partial charge in [-0.1, -0.05) is 26.0 Å². The van der Waals surface area contributed by atoms with Crippen LogP contribution in [-0.4, -0.2) is 21.4 Å². The lowest BCUT2D eigenvalue weighted by Gasteiger charge is -2.10. The van der Waals surface area contributed by atoms with E-state index in [1.807, 2.05) is 55.9 Å². The van der Waals surface area contributed by atoms with Crippen molar-refractivity contribution in [1.82, 2.24) is 14.9 Å². The first-order valence-electron chi connectivity index (χ1n) is 10.3. The molecule has 2 amide bonds. The minimum absolute atomic E-state index is 0.0126. The molecule has 0 aliphatic heterocycles. The highest BCUT2D eigenvalue weighted by Crippen LogP contribution is 2.15. The molecule has 1 heterocycles. The third-order valence-corrected chi connectivity index (χ3v) is 4.66. The van der Waals surface area contributed by atoms with Gasteiger partial charge in [0.15, 0.2) is 0 Å². The van der Waals surface area contributed by atoms with Crippen LogP contribution in [0.4, 0.5) is 5.69 Å². The molecule has 0 aliphatic carbocycles. The Hall–Kier alpha value is -3.61. The Morgan fingerprint density at radius 3 is 2.58 bits per heavy atom. The fraction of sp³-hybridized carbons (Fsp3) is 0.292. The molecule has 3 rings (SSSR count). The van der Waals surface area contributed by atoms with Gasteiger partial charge in [-0.15, -0.1) is 0 Å². The Morgan fingerprint density at radius 2 is 1.90 bits per heavy atom. The molecule has 0 saturated carbocycles. The largest absolute Gasteiger partial charge is 0.486 e. The molecule has 3 aromatic rings. The zero-order valence-electron chi connectivity index (χ0n) is 18.1. The molecule has 7 nitrogen and oxygen atoms in total. The number of rotatable bonds is 9. The van der Waals surface area contributed by atoms with E-state index in [1.165, 1.54) is 0 Å². The average molecular weight is 421 g/mol. The summed E-state index contributed by atoms with van der Waals surface area (Å²) in [5, 5.41) is 5.80. The van der Waals surface area contributed by atoms with E-state index in [-0.39, 0.29) is 11.8 Å². The van der Waals surface area contributed by atoms with Crippen LogP contribution in [0.1, 0.15) is 42.0 Å². The fourth-order valence-electron chi connectivity index (χ4n) is 3.01. The van der Waals surface area contributed by atoms with E-state index in [2.05, 4.69) is 15.6 Å². The summed E-state index contributed by atoms with van der Waals surface area (Å²) in [5.74, 6) is 1.61. The summed E-state index contributed by atoms with van der Waals surface area (Å²) in [6.07, 6.45) is 4.06. The molecule has 0 unspecified atom stereocenters. The van der Waals surface area contributed by atoms with Crippen molar-refractivity contribution in [2.24, 2.45) is 13.0 Å². The molecular formula is C24H28N4O3. The molecule has 7 heteroatoms. The number of benzene rings is 2. The van der Waals surface area contributed by atoms with Gasteiger partial charge in [0.2, 0.25) is 5.91 Å². The summed E-state index contributed by atoms with van der Waals surface area (Å²) in [6, 6.07) is 14.5. The molecule has 0 fully saturated rings. The maximum absolute atomic E-state index is 12.5. The molecule has 0 atom stereocenters. The Kier molecular flexibility index (Phi) is 7.43. The topological polar surface area (TPSA) is 85.2 Å². The summed E-state index contributed by atoms with van der Waals surface area (Å²) in [6.45, 7) is 4.73. The van der Waals surface area contributed by atoms with Crippen molar-refractivity contribution in [3.8, 4) is 5.75 Å². The van der Waals surface area contributed by atoms with Gasteiger partial charge < -0.3 is 19.9 Å². The van der Waals surface area contributed by atoms with Gasteiger partial charge in [-0.05, 0) is 47.9 Å². The van der Waals surface area contributed by atoms with Gasteiger partial charge in [-0.2, -0.15) is 0 Å². The van der Waals surface area contributed by atoms with Crippen LogP contribution < -0.4 is 15.4 Å². The lowest BCUT2D eigenvalue weighted by Crippen LogP contribution is -2.22. The van der Waals surface area contributed by atoms with Crippen LogP contribution in [0.5, 0.6) is 5.75 Å². The van der Waals surface area contributed by atoms with Crippen molar-refractivity contribution in [1.29, 1.82) is 0 Å². The van der Waals surface area contributed by atoms with Crippen molar-refractivity contribution in [3.05, 3.63) is 77.9 Å². The average Bonchev–Trinajstić information content (AvgIpc) is 3.15. The van der Waals surface area contributed by atoms with Crippen LogP contribution in [0.25, 0.3) is 0 Å². The number of amides is 2. The number of hydrogen-bond acceptors (Lipinski definition) is 4.